The van der Waals surface area contributed by atoms with Gasteiger partial charge >= 0.3 is 6.09 Å². The van der Waals surface area contributed by atoms with Gasteiger partial charge in [-0.3, -0.25) is 9.97 Å². The van der Waals surface area contributed by atoms with Crippen LogP contribution in [-0.4, -0.2) is 81.1 Å². The minimum Gasteiger partial charge on any atom is -0.465 e. The molecule has 4 N–H and O–H groups in total. The predicted octanol–water partition coefficient (Wildman–Crippen LogP) is 0.945. The van der Waals surface area contributed by atoms with Crippen LogP contribution in [0.2, 0.25) is 0 Å². The van der Waals surface area contributed by atoms with E-state index in [1.165, 1.54) is 0 Å². The summed E-state index contributed by atoms with van der Waals surface area (Å²) >= 11 is 0. The van der Waals surface area contributed by atoms with Gasteiger partial charge in [-0.2, -0.15) is 0 Å². The quantitative estimate of drug-likeness (QED) is 0.382. The summed E-state index contributed by atoms with van der Waals surface area (Å²) in [5, 5.41) is 26.5. The number of ether oxygens (including phenoxy) is 2. The number of hydrogen-bond acceptors (Lipinski definition) is 10. The van der Waals surface area contributed by atoms with Gasteiger partial charge in [-0.1, -0.05) is 12.1 Å². The van der Waals surface area contributed by atoms with Gasteiger partial charge in [0.25, 0.3) is 0 Å². The molecular formula is C20H26N8O4. The third-order valence-electron chi connectivity index (χ3n) is 3.67. The molecule has 32 heavy (non-hydrogen) atoms. The van der Waals surface area contributed by atoms with Crippen molar-refractivity contribution >= 4 is 6.09 Å². The van der Waals surface area contributed by atoms with Crippen molar-refractivity contribution in [3.63, 3.8) is 0 Å². The second-order valence-electron chi connectivity index (χ2n) is 6.23. The Labute approximate surface area is 185 Å². The van der Waals surface area contributed by atoms with Gasteiger partial charge in [-0.05, 0) is 30.7 Å². The van der Waals surface area contributed by atoms with Gasteiger partial charge in [0.1, 0.15) is 11.4 Å². The van der Waals surface area contributed by atoms with Crippen molar-refractivity contribution in [3.8, 4) is 23.0 Å². The van der Waals surface area contributed by atoms with Gasteiger partial charge in [-0.15, -0.1) is 20.4 Å². The molecule has 3 rings (SSSR count). The van der Waals surface area contributed by atoms with Crippen LogP contribution in [-0.2, 0) is 9.47 Å². The van der Waals surface area contributed by atoms with Crippen molar-refractivity contribution < 1.29 is 19.4 Å². The molecule has 1 amide bonds. The fourth-order valence-electron chi connectivity index (χ4n) is 2.16. The molecule has 0 fully saturated rings. The first-order chi connectivity index (χ1) is 15.6. The number of rotatable bonds is 10. The summed E-state index contributed by atoms with van der Waals surface area (Å²) in [4.78, 5) is 18.3. The lowest BCUT2D eigenvalue weighted by atomic mass is 10.3. The molecule has 0 aromatic carbocycles. The summed E-state index contributed by atoms with van der Waals surface area (Å²) in [7, 11) is 0. The SMILES string of the molecule is Cc1ccc(-c2nnc(-c3ccccn3)nn2)nc1.NCCOCCOCCNC(=O)O. The first kappa shape index (κ1) is 24.7. The van der Waals surface area contributed by atoms with Crippen LogP contribution >= 0.6 is 0 Å². The molecule has 3 heterocycles. The Morgan fingerprint density at radius 1 is 0.938 bits per heavy atom. The van der Waals surface area contributed by atoms with Gasteiger partial charge in [-0.25, -0.2) is 4.79 Å². The number of hydrogen-bond donors (Lipinski definition) is 3. The summed E-state index contributed by atoms with van der Waals surface area (Å²) in [6.07, 6.45) is 2.39. The predicted molar refractivity (Wildman–Crippen MR) is 116 cm³/mol. The summed E-state index contributed by atoms with van der Waals surface area (Å²) in [5.41, 5.74) is 7.56. The number of pyridine rings is 2. The molecule has 3 aromatic rings. The van der Waals surface area contributed by atoms with Crippen LogP contribution in [0, 0.1) is 6.92 Å². The summed E-state index contributed by atoms with van der Waals surface area (Å²) in [6, 6.07) is 9.28. The van der Waals surface area contributed by atoms with Gasteiger partial charge in [0, 0.05) is 25.5 Å². The zero-order chi connectivity index (χ0) is 23.0. The highest BCUT2D eigenvalue weighted by Gasteiger charge is 2.07. The molecule has 0 aliphatic carbocycles. The second-order valence-corrected chi connectivity index (χ2v) is 6.23. The molecule has 0 atom stereocenters. The molecule has 12 heteroatoms. The number of nitrogens with two attached hydrogens (primary N) is 1. The highest BCUT2D eigenvalue weighted by Crippen LogP contribution is 2.12. The number of nitrogens with zero attached hydrogens (tertiary/aromatic N) is 6. The zero-order valence-corrected chi connectivity index (χ0v) is 17.7. The number of carboxylic acid groups (broad SMARTS) is 1. The number of carbonyl (C=O) groups is 1. The third kappa shape index (κ3) is 9.47. The summed E-state index contributed by atoms with van der Waals surface area (Å²) < 4.78 is 10.1. The van der Waals surface area contributed by atoms with Gasteiger partial charge < -0.3 is 25.6 Å². The monoisotopic (exact) mass is 442 g/mol. The molecular weight excluding hydrogens is 416 g/mol. The minimum absolute atomic E-state index is 0.298. The van der Waals surface area contributed by atoms with E-state index in [0.717, 1.165) is 5.56 Å². The van der Waals surface area contributed by atoms with E-state index in [-0.39, 0.29) is 0 Å². The Kier molecular flexibility index (Phi) is 11.1. The van der Waals surface area contributed by atoms with Crippen LogP contribution in [0.15, 0.2) is 42.7 Å². The van der Waals surface area contributed by atoms with E-state index < -0.39 is 6.09 Å². The van der Waals surface area contributed by atoms with Crippen LogP contribution in [0.3, 0.4) is 0 Å². The first-order valence-corrected chi connectivity index (χ1v) is 9.84. The minimum atomic E-state index is -1.04. The lowest BCUT2D eigenvalue weighted by Gasteiger charge is -2.04. The fourth-order valence-corrected chi connectivity index (χ4v) is 2.16. The number of aromatic nitrogens is 6. The van der Waals surface area contributed by atoms with Crippen molar-refractivity contribution in [1.82, 2.24) is 35.7 Å². The Bertz CT molecular complexity index is 911. The van der Waals surface area contributed by atoms with Crippen LogP contribution in [0.1, 0.15) is 5.56 Å². The fraction of sp³-hybridized carbons (Fsp3) is 0.350. The Balaban J connectivity index is 0.000000247. The second kappa shape index (κ2) is 14.4. The van der Waals surface area contributed by atoms with E-state index in [0.29, 0.717) is 62.6 Å². The van der Waals surface area contributed by atoms with Gasteiger partial charge in [0.15, 0.2) is 0 Å². The van der Waals surface area contributed by atoms with Crippen molar-refractivity contribution in [1.29, 1.82) is 0 Å². The maximum atomic E-state index is 9.97. The first-order valence-electron chi connectivity index (χ1n) is 9.84. The summed E-state index contributed by atoms with van der Waals surface area (Å²) in [5.74, 6) is 0.802. The van der Waals surface area contributed by atoms with E-state index in [4.69, 9.17) is 20.3 Å². The maximum Gasteiger partial charge on any atom is 0.404 e. The summed E-state index contributed by atoms with van der Waals surface area (Å²) in [6.45, 7) is 4.60. The Morgan fingerprint density at radius 3 is 2.12 bits per heavy atom. The standard InChI is InChI=1S/C13H10N6.C7H16N2O4/c1-9-5-6-11(15-8-9)13-18-16-12(17-19-13)10-4-2-3-7-14-10;8-1-3-12-5-6-13-4-2-9-7(10)11/h2-8H,1H3;9H,1-6,8H2,(H,10,11). The highest BCUT2D eigenvalue weighted by molar-refractivity contribution is 5.64. The van der Waals surface area contributed by atoms with Crippen molar-refractivity contribution in [3.05, 3.63) is 48.3 Å². The highest BCUT2D eigenvalue weighted by atomic mass is 16.5. The molecule has 0 aliphatic rings. The van der Waals surface area contributed by atoms with Crippen molar-refractivity contribution in [2.75, 3.05) is 39.5 Å². The molecule has 0 spiro atoms. The average Bonchev–Trinajstić information content (AvgIpc) is 2.82. The topological polar surface area (TPSA) is 171 Å². The van der Waals surface area contributed by atoms with E-state index in [1.807, 2.05) is 37.3 Å². The molecule has 170 valence electrons. The van der Waals surface area contributed by atoms with Crippen LogP contribution in [0.4, 0.5) is 4.79 Å². The average molecular weight is 442 g/mol. The smallest absolute Gasteiger partial charge is 0.404 e. The van der Waals surface area contributed by atoms with E-state index in [9.17, 15) is 4.79 Å². The molecule has 0 unspecified atom stereocenters. The molecule has 0 saturated carbocycles. The number of nitrogens with one attached hydrogen (secondary N) is 1. The van der Waals surface area contributed by atoms with Crippen molar-refractivity contribution in [2.24, 2.45) is 5.73 Å². The van der Waals surface area contributed by atoms with Crippen LogP contribution in [0.5, 0.6) is 0 Å². The molecule has 0 saturated heterocycles. The molecule has 0 aliphatic heterocycles. The molecule has 12 nitrogen and oxygen atoms in total. The van der Waals surface area contributed by atoms with Gasteiger partial charge in [0.05, 0.1) is 26.4 Å². The maximum absolute atomic E-state index is 9.97. The zero-order valence-electron chi connectivity index (χ0n) is 17.7. The van der Waals surface area contributed by atoms with Crippen LogP contribution < -0.4 is 11.1 Å². The number of amides is 1. The van der Waals surface area contributed by atoms with Gasteiger partial charge in [0.2, 0.25) is 11.6 Å². The Hall–Kier alpha value is -3.61. The molecule has 0 bridgehead atoms. The van der Waals surface area contributed by atoms with E-state index in [2.05, 4.69) is 35.7 Å². The molecule has 0 radical (unpaired) electrons. The van der Waals surface area contributed by atoms with Crippen LogP contribution in [0.25, 0.3) is 23.0 Å². The molecule has 3 aromatic heterocycles. The largest absolute Gasteiger partial charge is 0.465 e. The third-order valence-corrected chi connectivity index (χ3v) is 3.67. The van der Waals surface area contributed by atoms with E-state index >= 15 is 0 Å². The normalized spacial score (nSPS) is 10.2. The lowest BCUT2D eigenvalue weighted by Crippen LogP contribution is -2.25. The Morgan fingerprint density at radius 2 is 1.59 bits per heavy atom. The van der Waals surface area contributed by atoms with Crippen molar-refractivity contribution in [2.45, 2.75) is 6.92 Å². The number of aryl methyl sites for hydroxylation is 1. The lowest BCUT2D eigenvalue weighted by molar-refractivity contribution is 0.0519. The van der Waals surface area contributed by atoms with E-state index in [1.54, 1.807) is 12.4 Å².